The standard InChI is InChI=1S/C18H27N3O/c1-14(2)13-22-17-10-8-15(9-11-17)12-20-18(19-3)21-16-6-4-5-7-16/h4-5,8-11,14,16H,6-7,12-13H2,1-3H3,(H2,19,20,21). The van der Waals surface area contributed by atoms with E-state index in [1.165, 1.54) is 5.56 Å². The maximum atomic E-state index is 5.69. The molecule has 1 aromatic carbocycles. The van der Waals surface area contributed by atoms with Crippen molar-refractivity contribution in [2.45, 2.75) is 39.3 Å². The summed E-state index contributed by atoms with van der Waals surface area (Å²) in [6.07, 6.45) is 6.56. The lowest BCUT2D eigenvalue weighted by molar-refractivity contribution is 0.271. The zero-order valence-corrected chi connectivity index (χ0v) is 13.8. The lowest BCUT2D eigenvalue weighted by Crippen LogP contribution is -2.42. The summed E-state index contributed by atoms with van der Waals surface area (Å²) in [7, 11) is 1.81. The van der Waals surface area contributed by atoms with Crippen molar-refractivity contribution in [1.82, 2.24) is 10.6 Å². The molecule has 0 saturated carbocycles. The number of rotatable bonds is 6. The van der Waals surface area contributed by atoms with Crippen molar-refractivity contribution in [3.8, 4) is 5.75 Å². The van der Waals surface area contributed by atoms with Crippen molar-refractivity contribution >= 4 is 5.96 Å². The Morgan fingerprint density at radius 2 is 1.91 bits per heavy atom. The van der Waals surface area contributed by atoms with Crippen LogP contribution in [-0.4, -0.2) is 25.7 Å². The van der Waals surface area contributed by atoms with E-state index in [0.717, 1.165) is 37.7 Å². The largest absolute Gasteiger partial charge is 0.493 e. The van der Waals surface area contributed by atoms with Crippen LogP contribution in [0.4, 0.5) is 0 Å². The Hall–Kier alpha value is -1.97. The highest BCUT2D eigenvalue weighted by molar-refractivity contribution is 5.80. The average Bonchev–Trinajstić information content (AvgIpc) is 3.03. The first kappa shape index (κ1) is 16.4. The normalized spacial score (nSPS) is 15.4. The van der Waals surface area contributed by atoms with Gasteiger partial charge in [-0.1, -0.05) is 38.1 Å². The fraction of sp³-hybridized carbons (Fsp3) is 0.500. The number of guanidine groups is 1. The van der Waals surface area contributed by atoms with Crippen LogP contribution < -0.4 is 15.4 Å². The van der Waals surface area contributed by atoms with Crippen molar-refractivity contribution in [3.63, 3.8) is 0 Å². The van der Waals surface area contributed by atoms with Gasteiger partial charge < -0.3 is 15.4 Å². The lowest BCUT2D eigenvalue weighted by atomic mass is 10.2. The Morgan fingerprint density at radius 3 is 2.50 bits per heavy atom. The minimum atomic E-state index is 0.470. The van der Waals surface area contributed by atoms with E-state index in [9.17, 15) is 0 Å². The van der Waals surface area contributed by atoms with E-state index in [-0.39, 0.29) is 0 Å². The molecule has 0 atom stereocenters. The van der Waals surface area contributed by atoms with E-state index in [2.05, 4.69) is 53.8 Å². The van der Waals surface area contributed by atoms with Gasteiger partial charge in [-0.25, -0.2) is 0 Å². The predicted octanol–water partition coefficient (Wildman–Crippen LogP) is 3.11. The SMILES string of the molecule is CN=C(NCc1ccc(OCC(C)C)cc1)NC1CC=CC1. The van der Waals surface area contributed by atoms with Crippen LogP contribution in [-0.2, 0) is 6.54 Å². The summed E-state index contributed by atoms with van der Waals surface area (Å²) >= 11 is 0. The average molecular weight is 301 g/mol. The Kier molecular flexibility index (Phi) is 6.31. The molecule has 1 aliphatic carbocycles. The van der Waals surface area contributed by atoms with E-state index in [0.29, 0.717) is 12.0 Å². The first-order valence-corrected chi connectivity index (χ1v) is 8.01. The fourth-order valence-electron chi connectivity index (χ4n) is 2.28. The Bertz CT molecular complexity index is 498. The van der Waals surface area contributed by atoms with Crippen LogP contribution in [0, 0.1) is 5.92 Å². The van der Waals surface area contributed by atoms with Crippen LogP contribution in [0.25, 0.3) is 0 Å². The molecular formula is C18H27N3O. The van der Waals surface area contributed by atoms with Gasteiger partial charge >= 0.3 is 0 Å². The molecule has 0 bridgehead atoms. The third-order valence-corrected chi connectivity index (χ3v) is 3.54. The molecule has 0 radical (unpaired) electrons. The summed E-state index contributed by atoms with van der Waals surface area (Å²) in [6.45, 7) is 5.81. The molecule has 4 heteroatoms. The molecule has 0 aliphatic heterocycles. The third kappa shape index (κ3) is 5.43. The molecule has 0 unspecified atom stereocenters. The molecule has 0 aromatic heterocycles. The molecule has 4 nitrogen and oxygen atoms in total. The van der Waals surface area contributed by atoms with Gasteiger partial charge in [-0.05, 0) is 36.5 Å². The summed E-state index contributed by atoms with van der Waals surface area (Å²) in [5.74, 6) is 2.33. The fourth-order valence-corrected chi connectivity index (χ4v) is 2.28. The van der Waals surface area contributed by atoms with Crippen molar-refractivity contribution in [3.05, 3.63) is 42.0 Å². The van der Waals surface area contributed by atoms with Gasteiger partial charge in [-0.3, -0.25) is 4.99 Å². The summed E-state index contributed by atoms with van der Waals surface area (Å²) < 4.78 is 5.69. The van der Waals surface area contributed by atoms with Gasteiger partial charge in [0.25, 0.3) is 0 Å². The van der Waals surface area contributed by atoms with Gasteiger partial charge in [0.1, 0.15) is 5.75 Å². The monoisotopic (exact) mass is 301 g/mol. The number of hydrogen-bond acceptors (Lipinski definition) is 2. The molecule has 0 fully saturated rings. The van der Waals surface area contributed by atoms with Crippen molar-refractivity contribution in [2.75, 3.05) is 13.7 Å². The smallest absolute Gasteiger partial charge is 0.191 e. The maximum absolute atomic E-state index is 5.69. The second kappa shape index (κ2) is 8.47. The van der Waals surface area contributed by atoms with Crippen molar-refractivity contribution < 1.29 is 4.74 Å². The third-order valence-electron chi connectivity index (χ3n) is 3.54. The summed E-state index contributed by atoms with van der Waals surface area (Å²) in [4.78, 5) is 4.27. The van der Waals surface area contributed by atoms with Crippen LogP contribution in [0.2, 0.25) is 0 Å². The molecule has 22 heavy (non-hydrogen) atoms. The number of ether oxygens (including phenoxy) is 1. The number of hydrogen-bond donors (Lipinski definition) is 2. The Morgan fingerprint density at radius 1 is 1.23 bits per heavy atom. The number of nitrogens with zero attached hydrogens (tertiary/aromatic N) is 1. The second-order valence-corrected chi connectivity index (χ2v) is 6.06. The minimum absolute atomic E-state index is 0.470. The molecular weight excluding hydrogens is 274 g/mol. The van der Waals surface area contributed by atoms with Gasteiger partial charge in [-0.15, -0.1) is 0 Å². The van der Waals surface area contributed by atoms with Gasteiger partial charge in [0.05, 0.1) is 6.61 Å². The predicted molar refractivity (Wildman–Crippen MR) is 92.3 cm³/mol. The topological polar surface area (TPSA) is 45.7 Å². The number of aliphatic imine (C=N–C) groups is 1. The Balaban J connectivity index is 1.77. The van der Waals surface area contributed by atoms with Gasteiger partial charge in [0, 0.05) is 19.6 Å². The van der Waals surface area contributed by atoms with Crippen LogP contribution in [0.3, 0.4) is 0 Å². The summed E-state index contributed by atoms with van der Waals surface area (Å²) in [6, 6.07) is 8.70. The highest BCUT2D eigenvalue weighted by Crippen LogP contribution is 2.13. The lowest BCUT2D eigenvalue weighted by Gasteiger charge is -2.17. The first-order valence-electron chi connectivity index (χ1n) is 8.01. The van der Waals surface area contributed by atoms with E-state index in [1.54, 1.807) is 7.05 Å². The highest BCUT2D eigenvalue weighted by atomic mass is 16.5. The molecule has 0 spiro atoms. The molecule has 0 saturated heterocycles. The second-order valence-electron chi connectivity index (χ2n) is 6.06. The van der Waals surface area contributed by atoms with Crippen molar-refractivity contribution in [1.29, 1.82) is 0 Å². The maximum Gasteiger partial charge on any atom is 0.191 e. The van der Waals surface area contributed by atoms with E-state index >= 15 is 0 Å². The van der Waals surface area contributed by atoms with Crippen LogP contribution in [0.15, 0.2) is 41.4 Å². The molecule has 2 N–H and O–H groups in total. The molecule has 0 amide bonds. The molecule has 0 heterocycles. The first-order chi connectivity index (χ1) is 10.7. The number of benzene rings is 1. The molecule has 2 rings (SSSR count). The summed E-state index contributed by atoms with van der Waals surface area (Å²) in [5, 5.41) is 6.78. The zero-order valence-electron chi connectivity index (χ0n) is 13.8. The van der Waals surface area contributed by atoms with Gasteiger partial charge in [-0.2, -0.15) is 0 Å². The van der Waals surface area contributed by atoms with E-state index in [1.807, 2.05) is 12.1 Å². The van der Waals surface area contributed by atoms with Crippen molar-refractivity contribution in [2.24, 2.45) is 10.9 Å². The Labute approximate surface area is 133 Å². The van der Waals surface area contributed by atoms with Gasteiger partial charge in [0.15, 0.2) is 5.96 Å². The highest BCUT2D eigenvalue weighted by Gasteiger charge is 2.11. The van der Waals surface area contributed by atoms with Crippen LogP contribution >= 0.6 is 0 Å². The van der Waals surface area contributed by atoms with Crippen LogP contribution in [0.5, 0.6) is 5.75 Å². The minimum Gasteiger partial charge on any atom is -0.493 e. The van der Waals surface area contributed by atoms with E-state index < -0.39 is 0 Å². The molecule has 1 aromatic rings. The van der Waals surface area contributed by atoms with E-state index in [4.69, 9.17) is 4.74 Å². The zero-order chi connectivity index (χ0) is 15.8. The molecule has 120 valence electrons. The molecule has 1 aliphatic rings. The number of nitrogens with one attached hydrogen (secondary N) is 2. The summed E-state index contributed by atoms with van der Waals surface area (Å²) in [5.41, 5.74) is 1.21. The van der Waals surface area contributed by atoms with Crippen LogP contribution in [0.1, 0.15) is 32.3 Å². The van der Waals surface area contributed by atoms with Gasteiger partial charge in [0.2, 0.25) is 0 Å². The quantitative estimate of drug-likeness (QED) is 0.482.